The number of benzene rings is 3. The summed E-state index contributed by atoms with van der Waals surface area (Å²) in [4.78, 5) is 24.5. The van der Waals surface area contributed by atoms with Crippen molar-refractivity contribution in [1.82, 2.24) is 5.32 Å². The summed E-state index contributed by atoms with van der Waals surface area (Å²) in [7, 11) is 0. The second kappa shape index (κ2) is 11.5. The van der Waals surface area contributed by atoms with Crippen LogP contribution in [-0.2, 0) is 16.0 Å². The number of rotatable bonds is 9. The number of carbonyl (C=O) groups is 2. The highest BCUT2D eigenvalue weighted by Gasteiger charge is 2.29. The van der Waals surface area contributed by atoms with E-state index in [1.54, 1.807) is 0 Å². The molecule has 0 aromatic heterocycles. The van der Waals surface area contributed by atoms with Crippen LogP contribution in [0.4, 0.5) is 10.5 Å². The van der Waals surface area contributed by atoms with Crippen LogP contribution in [0.15, 0.2) is 72.8 Å². The van der Waals surface area contributed by atoms with Gasteiger partial charge < -0.3 is 20.5 Å². The van der Waals surface area contributed by atoms with Crippen LogP contribution < -0.4 is 10.6 Å². The first-order valence-corrected chi connectivity index (χ1v) is 13.3. The molecule has 0 spiro atoms. The lowest BCUT2D eigenvalue weighted by atomic mass is 9.89. The zero-order valence-electron chi connectivity index (χ0n) is 21.0. The van der Waals surface area contributed by atoms with Gasteiger partial charge in [-0.3, -0.25) is 0 Å². The molecular weight excluding hydrogens is 464 g/mol. The molecule has 5 rings (SSSR count). The Hall–Kier alpha value is -3.80. The highest BCUT2D eigenvalue weighted by Crippen LogP contribution is 2.44. The van der Waals surface area contributed by atoms with Crippen molar-refractivity contribution in [3.63, 3.8) is 0 Å². The number of ether oxygens (including phenoxy) is 1. The Labute approximate surface area is 218 Å². The van der Waals surface area contributed by atoms with E-state index in [0.29, 0.717) is 0 Å². The average molecular weight is 499 g/mol. The lowest BCUT2D eigenvalue weighted by Gasteiger charge is -2.22. The molecule has 6 nitrogen and oxygen atoms in total. The minimum Gasteiger partial charge on any atom is -0.480 e. The Morgan fingerprint density at radius 1 is 0.865 bits per heavy atom. The number of aliphatic carboxylic acids is 1. The Morgan fingerprint density at radius 2 is 1.49 bits per heavy atom. The fourth-order valence-corrected chi connectivity index (χ4v) is 5.63. The first-order valence-electron chi connectivity index (χ1n) is 13.3. The maximum Gasteiger partial charge on any atom is 0.407 e. The average Bonchev–Trinajstić information content (AvgIpc) is 3.25. The molecule has 1 fully saturated rings. The predicted molar refractivity (Wildman–Crippen MR) is 145 cm³/mol. The summed E-state index contributed by atoms with van der Waals surface area (Å²) < 4.78 is 5.54. The lowest BCUT2D eigenvalue weighted by molar-refractivity contribution is -0.139. The number of alkyl carbamates (subject to hydrolysis) is 1. The van der Waals surface area contributed by atoms with E-state index in [0.717, 1.165) is 46.0 Å². The molecule has 2 aliphatic carbocycles. The number of nitrogens with one attached hydrogen (secondary N) is 2. The number of carbonyl (C=O) groups excluding carboxylic acids is 1. The Kier molecular flexibility index (Phi) is 7.73. The van der Waals surface area contributed by atoms with Crippen LogP contribution >= 0.6 is 0 Å². The van der Waals surface area contributed by atoms with Gasteiger partial charge in [0.2, 0.25) is 0 Å². The molecule has 37 heavy (non-hydrogen) atoms. The van der Waals surface area contributed by atoms with Crippen LogP contribution in [0, 0.1) is 5.92 Å². The van der Waals surface area contributed by atoms with Crippen LogP contribution in [-0.4, -0.2) is 36.4 Å². The SMILES string of the molecule is O=C(N[C@@H](Cc1ccc(NCC2CCCCC2)cc1)C(=O)O)OCC1c2ccccc2-c2ccccc21. The molecule has 3 aromatic rings. The second-order valence-electron chi connectivity index (χ2n) is 10.1. The molecule has 1 saturated carbocycles. The molecule has 3 aromatic carbocycles. The summed E-state index contributed by atoms with van der Waals surface area (Å²) >= 11 is 0. The summed E-state index contributed by atoms with van der Waals surface area (Å²) in [5.74, 6) is -0.436. The lowest BCUT2D eigenvalue weighted by Crippen LogP contribution is -2.42. The first-order chi connectivity index (χ1) is 18.1. The van der Waals surface area contributed by atoms with E-state index in [1.165, 1.54) is 32.1 Å². The molecular formula is C31H34N2O4. The molecule has 0 heterocycles. The predicted octanol–water partition coefficient (Wildman–Crippen LogP) is 6.21. The molecule has 0 bridgehead atoms. The van der Waals surface area contributed by atoms with Crippen LogP contribution in [0.25, 0.3) is 11.1 Å². The van der Waals surface area contributed by atoms with E-state index >= 15 is 0 Å². The number of carboxylic acids is 1. The van der Waals surface area contributed by atoms with Gasteiger partial charge >= 0.3 is 12.1 Å². The normalized spacial score (nSPS) is 15.9. The molecule has 0 unspecified atom stereocenters. The summed E-state index contributed by atoms with van der Waals surface area (Å²) in [6, 6.07) is 22.9. The van der Waals surface area contributed by atoms with Gasteiger partial charge in [-0.15, -0.1) is 0 Å². The molecule has 6 heteroatoms. The molecule has 1 amide bonds. The van der Waals surface area contributed by atoms with E-state index in [-0.39, 0.29) is 18.9 Å². The molecule has 0 aliphatic heterocycles. The maximum absolute atomic E-state index is 12.6. The van der Waals surface area contributed by atoms with Gasteiger partial charge in [0.1, 0.15) is 12.6 Å². The number of amides is 1. The van der Waals surface area contributed by atoms with Gasteiger partial charge in [-0.2, -0.15) is 0 Å². The molecule has 2 aliphatic rings. The third-order valence-corrected chi connectivity index (χ3v) is 7.65. The standard InChI is InChI=1S/C31H34N2O4/c34-30(35)29(18-21-14-16-23(17-15-21)32-19-22-8-2-1-3-9-22)33-31(36)37-20-28-26-12-6-4-10-24(26)25-11-5-7-13-27(25)28/h4-7,10-17,22,28-29,32H,1-3,8-9,18-20H2,(H,33,36)(H,34,35)/t29-/m0/s1. The van der Waals surface area contributed by atoms with Crippen LogP contribution in [0.5, 0.6) is 0 Å². The Morgan fingerprint density at radius 3 is 2.11 bits per heavy atom. The van der Waals surface area contributed by atoms with Gasteiger partial charge in [-0.05, 0) is 58.7 Å². The summed E-state index contributed by atoms with van der Waals surface area (Å²) in [5, 5.41) is 15.8. The highest BCUT2D eigenvalue weighted by atomic mass is 16.5. The zero-order valence-corrected chi connectivity index (χ0v) is 21.0. The minimum absolute atomic E-state index is 0.0740. The summed E-state index contributed by atoms with van der Waals surface area (Å²) in [5.41, 5.74) is 6.39. The van der Waals surface area contributed by atoms with Crippen molar-refractivity contribution in [1.29, 1.82) is 0 Å². The molecule has 3 N–H and O–H groups in total. The van der Waals surface area contributed by atoms with Gasteiger partial charge in [0.05, 0.1) is 0 Å². The third kappa shape index (κ3) is 5.96. The van der Waals surface area contributed by atoms with Crippen LogP contribution in [0.2, 0.25) is 0 Å². The fourth-order valence-electron chi connectivity index (χ4n) is 5.63. The third-order valence-electron chi connectivity index (χ3n) is 7.65. The topological polar surface area (TPSA) is 87.7 Å². The van der Waals surface area contributed by atoms with Gasteiger partial charge in [0.15, 0.2) is 0 Å². The molecule has 192 valence electrons. The molecule has 0 radical (unpaired) electrons. The van der Waals surface area contributed by atoms with Crippen molar-refractivity contribution in [3.05, 3.63) is 89.5 Å². The molecule has 0 saturated heterocycles. The summed E-state index contributed by atoms with van der Waals surface area (Å²) in [6.45, 7) is 1.12. The minimum atomic E-state index is -1.09. The smallest absolute Gasteiger partial charge is 0.407 e. The quantitative estimate of drug-likeness (QED) is 0.326. The van der Waals surface area contributed by atoms with Crippen molar-refractivity contribution >= 4 is 17.7 Å². The first kappa shape index (κ1) is 24.9. The summed E-state index contributed by atoms with van der Waals surface area (Å²) in [6.07, 6.45) is 6.01. The van der Waals surface area contributed by atoms with Gasteiger partial charge in [-0.25, -0.2) is 9.59 Å². The number of carboxylic acid groups (broad SMARTS) is 1. The largest absolute Gasteiger partial charge is 0.480 e. The van der Waals surface area contributed by atoms with Crippen LogP contribution in [0.3, 0.4) is 0 Å². The van der Waals surface area contributed by atoms with Crippen molar-refractivity contribution in [2.24, 2.45) is 5.92 Å². The fraction of sp³-hybridized carbons (Fsp3) is 0.355. The van der Waals surface area contributed by atoms with Gasteiger partial charge in [0, 0.05) is 24.6 Å². The number of fused-ring (bicyclic) bond motifs is 3. The number of hydrogen-bond acceptors (Lipinski definition) is 4. The van der Waals surface area contributed by atoms with Crippen molar-refractivity contribution in [3.8, 4) is 11.1 Å². The van der Waals surface area contributed by atoms with Gasteiger partial charge in [-0.1, -0.05) is 79.9 Å². The number of hydrogen-bond donors (Lipinski definition) is 3. The van der Waals surface area contributed by atoms with Gasteiger partial charge in [0.25, 0.3) is 0 Å². The van der Waals surface area contributed by atoms with Crippen molar-refractivity contribution < 1.29 is 19.4 Å². The van der Waals surface area contributed by atoms with Crippen molar-refractivity contribution in [2.75, 3.05) is 18.5 Å². The van der Waals surface area contributed by atoms with Crippen LogP contribution in [0.1, 0.15) is 54.7 Å². The van der Waals surface area contributed by atoms with E-state index in [9.17, 15) is 14.7 Å². The van der Waals surface area contributed by atoms with E-state index in [2.05, 4.69) is 34.9 Å². The van der Waals surface area contributed by atoms with Crippen molar-refractivity contribution in [2.45, 2.75) is 50.5 Å². The van der Waals surface area contributed by atoms with E-state index in [1.807, 2.05) is 48.5 Å². The monoisotopic (exact) mass is 498 g/mol. The highest BCUT2D eigenvalue weighted by molar-refractivity contribution is 5.81. The Bertz CT molecular complexity index is 1190. The van der Waals surface area contributed by atoms with E-state index in [4.69, 9.17) is 4.74 Å². The zero-order chi connectivity index (χ0) is 25.6. The number of anilines is 1. The van der Waals surface area contributed by atoms with E-state index < -0.39 is 18.1 Å². The second-order valence-corrected chi connectivity index (χ2v) is 10.1. The maximum atomic E-state index is 12.6. The molecule has 1 atom stereocenters. The Balaban J connectivity index is 1.15.